The molecule has 0 saturated carbocycles. The summed E-state index contributed by atoms with van der Waals surface area (Å²) in [4.78, 5) is 18.3. The number of ether oxygens (including phenoxy) is 1. The molecule has 0 aliphatic heterocycles. The molecule has 0 radical (unpaired) electrons. The van der Waals surface area contributed by atoms with Crippen LogP contribution in [0.1, 0.15) is 0 Å². The van der Waals surface area contributed by atoms with Crippen LogP contribution in [0.15, 0.2) is 74.6 Å². The first-order valence-electron chi connectivity index (χ1n) is 7.65. The fourth-order valence-corrected chi connectivity index (χ4v) is 3.21. The van der Waals surface area contributed by atoms with Gasteiger partial charge in [0.15, 0.2) is 5.75 Å². The van der Waals surface area contributed by atoms with E-state index in [9.17, 15) is 4.79 Å². The summed E-state index contributed by atoms with van der Waals surface area (Å²) in [5.74, 6) is 1.37. The zero-order chi connectivity index (χ0) is 17.2. The summed E-state index contributed by atoms with van der Waals surface area (Å²) in [5.41, 5.74) is 0.982. The van der Waals surface area contributed by atoms with Crippen LogP contribution < -0.4 is 15.3 Å². The van der Waals surface area contributed by atoms with E-state index in [1.54, 1.807) is 17.3 Å². The van der Waals surface area contributed by atoms with Crippen LogP contribution in [0.25, 0.3) is 10.9 Å². The van der Waals surface area contributed by atoms with Crippen molar-refractivity contribution in [1.29, 1.82) is 0 Å². The minimum atomic E-state index is -0.394. The summed E-state index contributed by atoms with van der Waals surface area (Å²) >= 11 is 1.42. The Kier molecular flexibility index (Phi) is 3.95. The smallest absolute Gasteiger partial charge is 0.348 e. The molecule has 124 valence electrons. The van der Waals surface area contributed by atoms with Gasteiger partial charge in [0.05, 0.1) is 16.6 Å². The number of aromatic nitrogens is 1. The quantitative estimate of drug-likeness (QED) is 0.529. The summed E-state index contributed by atoms with van der Waals surface area (Å²) < 4.78 is 11.3. The van der Waals surface area contributed by atoms with Crippen LogP contribution in [0.2, 0.25) is 0 Å². The second-order valence-corrected chi connectivity index (χ2v) is 6.14. The van der Waals surface area contributed by atoms with E-state index in [2.05, 4.69) is 4.98 Å². The number of para-hydroxylation sites is 3. The Bertz CT molecular complexity index is 1070. The zero-order valence-corrected chi connectivity index (χ0v) is 14.2. The molecule has 0 atom stereocenters. The Labute approximate surface area is 147 Å². The van der Waals surface area contributed by atoms with Gasteiger partial charge in [0, 0.05) is 17.8 Å². The minimum absolute atomic E-state index is 0.222. The molecule has 2 aromatic carbocycles. The van der Waals surface area contributed by atoms with Gasteiger partial charge in [-0.05, 0) is 24.3 Å². The Morgan fingerprint density at radius 2 is 1.80 bits per heavy atom. The van der Waals surface area contributed by atoms with Gasteiger partial charge in [-0.1, -0.05) is 30.3 Å². The molecule has 6 heteroatoms. The molecule has 0 fully saturated rings. The summed E-state index contributed by atoms with van der Waals surface area (Å²) in [6.45, 7) is 0. The van der Waals surface area contributed by atoms with Gasteiger partial charge in [-0.3, -0.25) is 4.90 Å². The van der Waals surface area contributed by atoms with Gasteiger partial charge in [0.1, 0.15) is 5.75 Å². The Morgan fingerprint density at radius 1 is 1.04 bits per heavy atom. The maximum atomic E-state index is 12.1. The fraction of sp³-hybridized carbons (Fsp3) is 0.0526. The summed E-state index contributed by atoms with van der Waals surface area (Å²) in [5, 5.41) is 4.07. The molecular weight excluding hydrogens is 336 g/mol. The fourth-order valence-electron chi connectivity index (χ4n) is 2.48. The largest absolute Gasteiger partial charge is 0.455 e. The molecule has 0 amide bonds. The highest BCUT2D eigenvalue weighted by atomic mass is 32.1. The van der Waals surface area contributed by atoms with Crippen molar-refractivity contribution in [3.8, 4) is 11.5 Å². The van der Waals surface area contributed by atoms with Crippen molar-refractivity contribution < 1.29 is 9.15 Å². The number of fused-ring (bicyclic) bond motifs is 1. The van der Waals surface area contributed by atoms with E-state index < -0.39 is 5.63 Å². The minimum Gasteiger partial charge on any atom is -0.455 e. The molecule has 5 nitrogen and oxygen atoms in total. The first kappa shape index (κ1) is 15.4. The predicted octanol–water partition coefficient (Wildman–Crippen LogP) is 4.81. The third kappa shape index (κ3) is 2.99. The number of benzene rings is 2. The molecule has 2 heterocycles. The molecule has 4 rings (SSSR count). The Hall–Kier alpha value is -3.12. The topological polar surface area (TPSA) is 55.6 Å². The Balaban J connectivity index is 1.74. The highest BCUT2D eigenvalue weighted by molar-refractivity contribution is 7.09. The highest BCUT2D eigenvalue weighted by Gasteiger charge is 2.16. The third-order valence-electron chi connectivity index (χ3n) is 3.75. The monoisotopic (exact) mass is 350 g/mol. The average molecular weight is 350 g/mol. The normalized spacial score (nSPS) is 10.8. The van der Waals surface area contributed by atoms with Gasteiger partial charge in [-0.15, -0.1) is 11.3 Å². The lowest BCUT2D eigenvalue weighted by Gasteiger charge is -2.19. The van der Waals surface area contributed by atoms with Gasteiger partial charge in [-0.25, -0.2) is 4.79 Å². The zero-order valence-electron chi connectivity index (χ0n) is 13.4. The van der Waals surface area contributed by atoms with Crippen LogP contribution in [0.4, 0.5) is 11.7 Å². The molecule has 0 aliphatic rings. The van der Waals surface area contributed by atoms with Gasteiger partial charge < -0.3 is 9.15 Å². The molecule has 2 aromatic heterocycles. The number of anilines is 2. The van der Waals surface area contributed by atoms with E-state index in [1.165, 1.54) is 11.3 Å². The number of hydrogen-bond acceptors (Lipinski definition) is 6. The van der Waals surface area contributed by atoms with E-state index in [1.807, 2.05) is 60.0 Å². The second kappa shape index (κ2) is 6.41. The van der Waals surface area contributed by atoms with E-state index in [0.29, 0.717) is 16.7 Å². The number of hydrogen-bond donors (Lipinski definition) is 0. The van der Waals surface area contributed by atoms with E-state index in [-0.39, 0.29) is 6.01 Å². The molecule has 0 spiro atoms. The first-order valence-corrected chi connectivity index (χ1v) is 8.59. The van der Waals surface area contributed by atoms with Crippen molar-refractivity contribution in [2.45, 2.75) is 0 Å². The Morgan fingerprint density at radius 3 is 2.64 bits per heavy atom. The lowest BCUT2D eigenvalue weighted by molar-refractivity contribution is 0.477. The van der Waals surface area contributed by atoms with Gasteiger partial charge in [0.2, 0.25) is 0 Å². The predicted molar refractivity (Wildman–Crippen MR) is 99.2 cm³/mol. The number of nitrogens with zero attached hydrogens (tertiary/aromatic N) is 2. The molecular formula is C19H14N2O3S. The van der Waals surface area contributed by atoms with E-state index >= 15 is 0 Å². The lowest BCUT2D eigenvalue weighted by Crippen LogP contribution is -2.15. The van der Waals surface area contributed by atoms with Crippen LogP contribution in [-0.4, -0.2) is 12.0 Å². The lowest BCUT2D eigenvalue weighted by atomic mass is 10.2. The van der Waals surface area contributed by atoms with Crippen LogP contribution >= 0.6 is 11.3 Å². The highest BCUT2D eigenvalue weighted by Crippen LogP contribution is 2.34. The van der Waals surface area contributed by atoms with E-state index in [0.717, 1.165) is 11.4 Å². The van der Waals surface area contributed by atoms with Gasteiger partial charge in [-0.2, -0.15) is 4.98 Å². The average Bonchev–Trinajstić information content (AvgIpc) is 3.12. The third-order valence-corrected chi connectivity index (χ3v) is 4.48. The van der Waals surface area contributed by atoms with Crippen LogP contribution in [0, 0.1) is 0 Å². The number of rotatable bonds is 4. The van der Waals surface area contributed by atoms with Crippen molar-refractivity contribution in [2.75, 3.05) is 11.9 Å². The molecule has 0 aliphatic carbocycles. The number of thiophene rings is 1. The molecule has 0 saturated heterocycles. The molecule has 0 N–H and O–H groups in total. The summed E-state index contributed by atoms with van der Waals surface area (Å²) in [6.07, 6.45) is 0. The SMILES string of the molecule is CN(c1nc2cscc2c(=O)o1)c1ccccc1Oc1ccccc1. The van der Waals surface area contributed by atoms with Crippen LogP contribution in [0.3, 0.4) is 0 Å². The van der Waals surface area contributed by atoms with Crippen molar-refractivity contribution in [3.05, 3.63) is 75.8 Å². The maximum Gasteiger partial charge on any atom is 0.348 e. The first-order chi connectivity index (χ1) is 12.2. The maximum absolute atomic E-state index is 12.1. The summed E-state index contributed by atoms with van der Waals surface area (Å²) in [7, 11) is 1.79. The molecule has 0 unspecified atom stereocenters. The van der Waals surface area contributed by atoms with Crippen LogP contribution in [-0.2, 0) is 0 Å². The molecule has 25 heavy (non-hydrogen) atoms. The van der Waals surface area contributed by atoms with Crippen molar-refractivity contribution in [2.24, 2.45) is 0 Å². The van der Waals surface area contributed by atoms with Gasteiger partial charge in [0.25, 0.3) is 0 Å². The van der Waals surface area contributed by atoms with Crippen molar-refractivity contribution in [1.82, 2.24) is 4.98 Å². The van der Waals surface area contributed by atoms with Crippen LogP contribution in [0.5, 0.6) is 11.5 Å². The van der Waals surface area contributed by atoms with E-state index in [4.69, 9.17) is 9.15 Å². The van der Waals surface area contributed by atoms with Crippen molar-refractivity contribution in [3.63, 3.8) is 0 Å². The second-order valence-electron chi connectivity index (χ2n) is 5.40. The van der Waals surface area contributed by atoms with Crippen molar-refractivity contribution >= 4 is 33.9 Å². The standard InChI is InChI=1S/C19H14N2O3S/c1-21(19-20-15-12-25-11-14(15)18(22)24-19)16-9-5-6-10-17(16)23-13-7-3-2-4-8-13/h2-12H,1H3. The molecule has 4 aromatic rings. The summed E-state index contributed by atoms with van der Waals surface area (Å²) in [6, 6.07) is 17.3. The van der Waals surface area contributed by atoms with Gasteiger partial charge >= 0.3 is 11.6 Å². The molecule has 0 bridgehead atoms.